The predicted molar refractivity (Wildman–Crippen MR) is 76.9 cm³/mol. The van der Waals surface area contributed by atoms with E-state index in [1.807, 2.05) is 26.0 Å². The molecule has 0 aliphatic carbocycles. The number of nitrogens with two attached hydrogens (primary N) is 1. The molecule has 0 aromatic carbocycles. The fourth-order valence-corrected chi connectivity index (χ4v) is 2.46. The Labute approximate surface area is 114 Å². The van der Waals surface area contributed by atoms with Gasteiger partial charge in [-0.1, -0.05) is 0 Å². The highest BCUT2D eigenvalue weighted by atomic mass is 16.5. The van der Waals surface area contributed by atoms with Crippen LogP contribution in [0, 0.1) is 12.3 Å². The maximum atomic E-state index is 7.66. The number of ether oxygens (including phenoxy) is 1. The molecule has 1 aliphatic rings. The second-order valence-electron chi connectivity index (χ2n) is 4.88. The van der Waals surface area contributed by atoms with Crippen molar-refractivity contribution >= 4 is 11.7 Å². The highest BCUT2D eigenvalue weighted by molar-refractivity contribution is 5.99. The van der Waals surface area contributed by atoms with E-state index < -0.39 is 0 Å². The van der Waals surface area contributed by atoms with Gasteiger partial charge in [0.2, 0.25) is 0 Å². The molecular weight excluding hydrogens is 240 g/mol. The fourth-order valence-electron chi connectivity index (χ4n) is 2.46. The molecule has 1 aromatic heterocycles. The number of nitrogens with one attached hydrogen (secondary N) is 1. The lowest BCUT2D eigenvalue weighted by molar-refractivity contribution is 0.0458. The molecule has 1 saturated heterocycles. The Kier molecular flexibility index (Phi) is 4.37. The Hall–Kier alpha value is -1.62. The van der Waals surface area contributed by atoms with Gasteiger partial charge < -0.3 is 15.4 Å². The number of hydrogen-bond acceptors (Lipinski definition) is 4. The standard InChI is InChI=1S/C14H22N4O/c1-3-19-11-6-8-18(9-7-11)14-12(13(15)16)5-4-10(2)17-14/h4-5,11H,3,6-9H2,1-2H3,(H3,15,16). The van der Waals surface area contributed by atoms with Crippen LogP contribution in [0.3, 0.4) is 0 Å². The first-order valence-corrected chi connectivity index (χ1v) is 6.80. The molecule has 0 amide bonds. The van der Waals surface area contributed by atoms with Crippen LogP contribution in [0.1, 0.15) is 31.0 Å². The lowest BCUT2D eigenvalue weighted by Crippen LogP contribution is -2.38. The molecule has 0 bridgehead atoms. The molecule has 1 aliphatic heterocycles. The van der Waals surface area contributed by atoms with Crippen LogP contribution in [0.15, 0.2) is 12.1 Å². The van der Waals surface area contributed by atoms with Crippen molar-refractivity contribution in [3.63, 3.8) is 0 Å². The Bertz CT molecular complexity index is 453. The maximum absolute atomic E-state index is 7.66. The number of amidine groups is 1. The average Bonchev–Trinajstić information content (AvgIpc) is 2.39. The molecule has 0 saturated carbocycles. The number of aryl methyl sites for hydroxylation is 1. The fraction of sp³-hybridized carbons (Fsp3) is 0.571. The van der Waals surface area contributed by atoms with E-state index in [4.69, 9.17) is 15.9 Å². The van der Waals surface area contributed by atoms with Gasteiger partial charge in [-0.3, -0.25) is 5.41 Å². The van der Waals surface area contributed by atoms with Gasteiger partial charge in [0.25, 0.3) is 0 Å². The molecule has 19 heavy (non-hydrogen) atoms. The van der Waals surface area contributed by atoms with E-state index in [0.29, 0.717) is 6.10 Å². The molecule has 0 radical (unpaired) electrons. The van der Waals surface area contributed by atoms with Crippen molar-refractivity contribution in [2.24, 2.45) is 5.73 Å². The molecule has 2 heterocycles. The summed E-state index contributed by atoms with van der Waals surface area (Å²) in [5, 5.41) is 7.66. The van der Waals surface area contributed by atoms with Gasteiger partial charge in [-0.25, -0.2) is 4.98 Å². The number of piperidine rings is 1. The van der Waals surface area contributed by atoms with Gasteiger partial charge in [-0.2, -0.15) is 0 Å². The van der Waals surface area contributed by atoms with Crippen LogP contribution in [0.4, 0.5) is 5.82 Å². The second kappa shape index (κ2) is 6.02. The van der Waals surface area contributed by atoms with E-state index in [-0.39, 0.29) is 5.84 Å². The Morgan fingerprint density at radius 3 is 2.74 bits per heavy atom. The summed E-state index contributed by atoms with van der Waals surface area (Å²) in [4.78, 5) is 6.76. The van der Waals surface area contributed by atoms with Crippen molar-refractivity contribution in [2.75, 3.05) is 24.6 Å². The summed E-state index contributed by atoms with van der Waals surface area (Å²) in [7, 11) is 0. The van der Waals surface area contributed by atoms with Gasteiger partial charge in [-0.15, -0.1) is 0 Å². The second-order valence-corrected chi connectivity index (χ2v) is 4.88. The van der Waals surface area contributed by atoms with Gasteiger partial charge in [0.05, 0.1) is 11.7 Å². The summed E-state index contributed by atoms with van der Waals surface area (Å²) in [6, 6.07) is 3.78. The van der Waals surface area contributed by atoms with Crippen LogP contribution >= 0.6 is 0 Å². The molecule has 1 fully saturated rings. The van der Waals surface area contributed by atoms with Crippen molar-refractivity contribution in [2.45, 2.75) is 32.8 Å². The molecule has 2 rings (SSSR count). The zero-order valence-corrected chi connectivity index (χ0v) is 11.6. The lowest BCUT2D eigenvalue weighted by Gasteiger charge is -2.33. The van der Waals surface area contributed by atoms with Gasteiger partial charge in [-0.05, 0) is 38.8 Å². The largest absolute Gasteiger partial charge is 0.384 e. The van der Waals surface area contributed by atoms with Crippen LogP contribution in [0.25, 0.3) is 0 Å². The van der Waals surface area contributed by atoms with E-state index in [0.717, 1.165) is 49.6 Å². The van der Waals surface area contributed by atoms with Crippen LogP contribution in [-0.4, -0.2) is 36.6 Å². The minimum absolute atomic E-state index is 0.0782. The van der Waals surface area contributed by atoms with Crippen LogP contribution in [-0.2, 0) is 4.74 Å². The summed E-state index contributed by atoms with van der Waals surface area (Å²) < 4.78 is 5.65. The first-order valence-electron chi connectivity index (χ1n) is 6.80. The Morgan fingerprint density at radius 1 is 1.47 bits per heavy atom. The first kappa shape index (κ1) is 13.8. The zero-order chi connectivity index (χ0) is 13.8. The normalized spacial score (nSPS) is 16.6. The summed E-state index contributed by atoms with van der Waals surface area (Å²) in [6.45, 7) is 6.57. The van der Waals surface area contributed by atoms with Crippen molar-refractivity contribution in [1.82, 2.24) is 4.98 Å². The zero-order valence-electron chi connectivity index (χ0n) is 11.6. The number of nitrogen functional groups attached to an aromatic ring is 1. The topological polar surface area (TPSA) is 75.2 Å². The molecule has 5 nitrogen and oxygen atoms in total. The third-order valence-corrected chi connectivity index (χ3v) is 3.45. The molecule has 0 unspecified atom stereocenters. The number of anilines is 1. The van der Waals surface area contributed by atoms with E-state index in [1.54, 1.807) is 0 Å². The van der Waals surface area contributed by atoms with E-state index >= 15 is 0 Å². The van der Waals surface area contributed by atoms with Crippen LogP contribution < -0.4 is 10.6 Å². The molecule has 3 N–H and O–H groups in total. The summed E-state index contributed by atoms with van der Waals surface area (Å²) in [5.41, 5.74) is 7.31. The minimum atomic E-state index is 0.0782. The van der Waals surface area contributed by atoms with Gasteiger partial charge >= 0.3 is 0 Å². The van der Waals surface area contributed by atoms with E-state index in [9.17, 15) is 0 Å². The molecule has 104 valence electrons. The van der Waals surface area contributed by atoms with Crippen molar-refractivity contribution in [3.05, 3.63) is 23.4 Å². The highest BCUT2D eigenvalue weighted by Crippen LogP contribution is 2.23. The molecule has 5 heteroatoms. The third kappa shape index (κ3) is 3.23. The summed E-state index contributed by atoms with van der Waals surface area (Å²) in [5.74, 6) is 0.914. The van der Waals surface area contributed by atoms with Crippen molar-refractivity contribution < 1.29 is 4.74 Å². The SMILES string of the molecule is CCOC1CCN(c2nc(C)ccc2C(=N)N)CC1. The Morgan fingerprint density at radius 2 is 2.16 bits per heavy atom. The smallest absolute Gasteiger partial charge is 0.139 e. The number of rotatable bonds is 4. The van der Waals surface area contributed by atoms with Crippen LogP contribution in [0.5, 0.6) is 0 Å². The van der Waals surface area contributed by atoms with E-state index in [2.05, 4.69) is 9.88 Å². The summed E-state index contributed by atoms with van der Waals surface area (Å²) >= 11 is 0. The summed E-state index contributed by atoms with van der Waals surface area (Å²) in [6.07, 6.45) is 2.36. The van der Waals surface area contributed by atoms with E-state index in [1.165, 1.54) is 0 Å². The number of nitrogens with zero attached hydrogens (tertiary/aromatic N) is 2. The average molecular weight is 262 g/mol. The molecule has 0 spiro atoms. The third-order valence-electron chi connectivity index (χ3n) is 3.45. The molecule has 0 atom stereocenters. The van der Waals surface area contributed by atoms with Gasteiger partial charge in [0.15, 0.2) is 0 Å². The minimum Gasteiger partial charge on any atom is -0.384 e. The quantitative estimate of drug-likeness (QED) is 0.639. The van der Waals surface area contributed by atoms with Crippen molar-refractivity contribution in [1.29, 1.82) is 5.41 Å². The van der Waals surface area contributed by atoms with Gasteiger partial charge in [0.1, 0.15) is 11.7 Å². The number of pyridine rings is 1. The monoisotopic (exact) mass is 262 g/mol. The highest BCUT2D eigenvalue weighted by Gasteiger charge is 2.22. The molecule has 1 aromatic rings. The number of aromatic nitrogens is 1. The molecular formula is C14H22N4O. The predicted octanol–water partition coefficient (Wildman–Crippen LogP) is 1.68. The number of hydrogen-bond donors (Lipinski definition) is 2. The first-order chi connectivity index (χ1) is 9.11. The lowest BCUT2D eigenvalue weighted by atomic mass is 10.1. The Balaban J connectivity index is 2.14. The van der Waals surface area contributed by atoms with Crippen molar-refractivity contribution in [3.8, 4) is 0 Å². The maximum Gasteiger partial charge on any atom is 0.139 e. The van der Waals surface area contributed by atoms with Gasteiger partial charge in [0, 0.05) is 25.4 Å². The van der Waals surface area contributed by atoms with Crippen LogP contribution in [0.2, 0.25) is 0 Å².